The predicted octanol–water partition coefficient (Wildman–Crippen LogP) is 5.16. The quantitative estimate of drug-likeness (QED) is 0.478. The molecule has 2 aromatic heterocycles. The molecule has 0 spiro atoms. The molecule has 0 radical (unpaired) electrons. The number of nitrogens with zero attached hydrogens (tertiary/aromatic N) is 5. The molecule has 7 nitrogen and oxygen atoms in total. The molecule has 1 aliphatic carbocycles. The van der Waals surface area contributed by atoms with E-state index in [2.05, 4.69) is 14.9 Å². The summed E-state index contributed by atoms with van der Waals surface area (Å²) in [6.45, 7) is 9.04. The summed E-state index contributed by atoms with van der Waals surface area (Å²) in [5.41, 5.74) is 1.09. The molecule has 1 saturated heterocycles. The van der Waals surface area contributed by atoms with E-state index in [4.69, 9.17) is 4.74 Å². The normalized spacial score (nSPS) is 18.9. The molecule has 10 heteroatoms. The van der Waals surface area contributed by atoms with Gasteiger partial charge in [-0.25, -0.2) is 27.9 Å². The van der Waals surface area contributed by atoms with Gasteiger partial charge in [-0.15, -0.1) is 0 Å². The number of ether oxygens (including phenoxy) is 1. The Morgan fingerprint density at radius 2 is 1.77 bits per heavy atom. The van der Waals surface area contributed by atoms with Crippen LogP contribution in [0.4, 0.5) is 23.8 Å². The number of hydrogen-bond donors (Lipinski definition) is 0. The minimum Gasteiger partial charge on any atom is -0.444 e. The number of anilines is 1. The summed E-state index contributed by atoms with van der Waals surface area (Å²) in [7, 11) is 0. The fourth-order valence-electron chi connectivity index (χ4n) is 4.64. The molecule has 0 bridgehead atoms. The molecule has 1 aromatic carbocycles. The summed E-state index contributed by atoms with van der Waals surface area (Å²) < 4.78 is 48.7. The number of rotatable bonds is 3. The highest BCUT2D eigenvalue weighted by Crippen LogP contribution is 2.46. The first-order valence-corrected chi connectivity index (χ1v) is 11.8. The molecule has 1 aliphatic heterocycles. The van der Waals surface area contributed by atoms with Gasteiger partial charge in [0.25, 0.3) is 0 Å². The molecule has 1 amide bonds. The number of hydrogen-bond acceptors (Lipinski definition) is 5. The lowest BCUT2D eigenvalue weighted by molar-refractivity contribution is 0.0158. The van der Waals surface area contributed by atoms with Crippen molar-refractivity contribution in [3.63, 3.8) is 0 Å². The van der Waals surface area contributed by atoms with Crippen molar-refractivity contribution >= 4 is 22.9 Å². The minimum atomic E-state index is -1.50. The van der Waals surface area contributed by atoms with Crippen molar-refractivity contribution in [3.8, 4) is 5.69 Å². The number of carbonyl (C=O) groups excluding carboxylic acids is 1. The smallest absolute Gasteiger partial charge is 0.410 e. The summed E-state index contributed by atoms with van der Waals surface area (Å²) >= 11 is 0. The molecule has 1 saturated carbocycles. The summed E-state index contributed by atoms with van der Waals surface area (Å²) in [6.07, 6.45) is 4.91. The molecule has 1 atom stereocenters. The first kappa shape index (κ1) is 23.4. The molecule has 0 N–H and O–H groups in total. The molecule has 0 unspecified atom stereocenters. The van der Waals surface area contributed by atoms with Crippen molar-refractivity contribution in [1.29, 1.82) is 0 Å². The van der Waals surface area contributed by atoms with Crippen molar-refractivity contribution in [2.75, 3.05) is 24.5 Å². The molecule has 2 aliphatic rings. The SMILES string of the molecule is C[C@@H]1CN(c2ncnc3c2c(C2CC2)cn3-c2cc(F)c(F)c(F)c2)CCN1C(=O)OC(C)(C)C. The Bertz CT molecular complexity index is 1280. The number of carbonyl (C=O) groups is 1. The van der Waals surface area contributed by atoms with E-state index in [9.17, 15) is 18.0 Å². The number of halogens is 3. The van der Waals surface area contributed by atoms with Crippen molar-refractivity contribution in [2.45, 2.75) is 58.1 Å². The predicted molar refractivity (Wildman–Crippen MR) is 125 cm³/mol. The van der Waals surface area contributed by atoms with Crippen molar-refractivity contribution in [1.82, 2.24) is 19.4 Å². The molecule has 186 valence electrons. The lowest BCUT2D eigenvalue weighted by Crippen LogP contribution is -2.55. The van der Waals surface area contributed by atoms with Crippen LogP contribution in [0.1, 0.15) is 52.0 Å². The number of piperazine rings is 1. The van der Waals surface area contributed by atoms with Gasteiger partial charge in [-0.2, -0.15) is 0 Å². The molecule has 35 heavy (non-hydrogen) atoms. The average molecular weight is 488 g/mol. The summed E-state index contributed by atoms with van der Waals surface area (Å²) in [4.78, 5) is 25.5. The third-order valence-electron chi connectivity index (χ3n) is 6.41. The van der Waals surface area contributed by atoms with Gasteiger partial charge in [-0.3, -0.25) is 0 Å². The lowest BCUT2D eigenvalue weighted by Gasteiger charge is -2.40. The molecular formula is C25H28F3N5O2. The number of amides is 1. The zero-order valence-electron chi connectivity index (χ0n) is 20.2. The zero-order chi connectivity index (χ0) is 25.1. The van der Waals surface area contributed by atoms with Gasteiger partial charge in [-0.05, 0) is 52.0 Å². The van der Waals surface area contributed by atoms with E-state index in [1.165, 1.54) is 6.33 Å². The fourth-order valence-corrected chi connectivity index (χ4v) is 4.64. The van der Waals surface area contributed by atoms with E-state index in [-0.39, 0.29) is 17.8 Å². The van der Waals surface area contributed by atoms with Crippen LogP contribution in [0.3, 0.4) is 0 Å². The van der Waals surface area contributed by atoms with Gasteiger partial charge in [0.2, 0.25) is 0 Å². The van der Waals surface area contributed by atoms with E-state index in [0.717, 1.165) is 41.7 Å². The first-order chi connectivity index (χ1) is 16.5. The first-order valence-electron chi connectivity index (χ1n) is 11.8. The van der Waals surface area contributed by atoms with Crippen LogP contribution < -0.4 is 4.90 Å². The van der Waals surface area contributed by atoms with E-state index >= 15 is 0 Å². The summed E-state index contributed by atoms with van der Waals surface area (Å²) in [5, 5.41) is 0.818. The van der Waals surface area contributed by atoms with E-state index in [1.807, 2.05) is 33.9 Å². The van der Waals surface area contributed by atoms with Gasteiger partial charge in [0.1, 0.15) is 23.4 Å². The van der Waals surface area contributed by atoms with Crippen LogP contribution in [0.2, 0.25) is 0 Å². The number of aromatic nitrogens is 3. The Hall–Kier alpha value is -3.30. The zero-order valence-corrected chi connectivity index (χ0v) is 20.2. The second-order valence-electron chi connectivity index (χ2n) is 10.3. The minimum absolute atomic E-state index is 0.115. The highest BCUT2D eigenvalue weighted by Gasteiger charge is 2.35. The van der Waals surface area contributed by atoms with Crippen LogP contribution >= 0.6 is 0 Å². The Labute approximate surface area is 201 Å². The standard InChI is InChI=1S/C25H28F3N5O2/c1-14-11-31(7-8-32(14)24(34)35-25(2,3)4)22-20-17(15-5-6-15)12-33(23(20)30-13-29-22)16-9-18(26)21(28)19(27)10-16/h9-10,12-15H,5-8,11H2,1-4H3/t14-/m1/s1. The van der Waals surface area contributed by atoms with E-state index in [1.54, 1.807) is 9.47 Å². The van der Waals surface area contributed by atoms with Crippen LogP contribution in [-0.4, -0.2) is 56.8 Å². The second-order valence-corrected chi connectivity index (χ2v) is 10.3. The van der Waals surface area contributed by atoms with Crippen LogP contribution in [-0.2, 0) is 4.74 Å². The maximum Gasteiger partial charge on any atom is 0.410 e. The second kappa shape index (κ2) is 8.42. The highest BCUT2D eigenvalue weighted by molar-refractivity contribution is 5.93. The fraction of sp³-hybridized carbons (Fsp3) is 0.480. The molecular weight excluding hydrogens is 459 g/mol. The Morgan fingerprint density at radius 1 is 1.09 bits per heavy atom. The largest absolute Gasteiger partial charge is 0.444 e. The van der Waals surface area contributed by atoms with Gasteiger partial charge >= 0.3 is 6.09 Å². The van der Waals surface area contributed by atoms with Crippen molar-refractivity contribution < 1.29 is 22.7 Å². The van der Waals surface area contributed by atoms with Crippen molar-refractivity contribution in [3.05, 3.63) is 47.7 Å². The summed E-state index contributed by atoms with van der Waals surface area (Å²) in [6, 6.07) is 1.83. The topological polar surface area (TPSA) is 63.5 Å². The molecule has 3 heterocycles. The van der Waals surface area contributed by atoms with Gasteiger partial charge in [0, 0.05) is 44.0 Å². The average Bonchev–Trinajstić information content (AvgIpc) is 3.55. The van der Waals surface area contributed by atoms with Gasteiger partial charge in [-0.1, -0.05) is 0 Å². The van der Waals surface area contributed by atoms with Gasteiger partial charge in [0.05, 0.1) is 11.1 Å². The van der Waals surface area contributed by atoms with E-state index < -0.39 is 23.1 Å². The maximum atomic E-state index is 14.0. The summed E-state index contributed by atoms with van der Waals surface area (Å²) in [5.74, 6) is -2.99. The Balaban J connectivity index is 1.51. The maximum absolute atomic E-state index is 14.0. The third-order valence-corrected chi connectivity index (χ3v) is 6.41. The Kier molecular flexibility index (Phi) is 5.64. The van der Waals surface area contributed by atoms with Crippen LogP contribution in [0.25, 0.3) is 16.7 Å². The molecule has 2 fully saturated rings. The van der Waals surface area contributed by atoms with Crippen LogP contribution in [0.5, 0.6) is 0 Å². The lowest BCUT2D eigenvalue weighted by atomic mass is 10.1. The monoisotopic (exact) mass is 487 g/mol. The Morgan fingerprint density at radius 3 is 2.37 bits per heavy atom. The molecule has 5 rings (SSSR count). The van der Waals surface area contributed by atoms with Gasteiger partial charge < -0.3 is 19.1 Å². The van der Waals surface area contributed by atoms with E-state index in [0.29, 0.717) is 31.2 Å². The van der Waals surface area contributed by atoms with Crippen LogP contribution in [0.15, 0.2) is 24.7 Å². The van der Waals surface area contributed by atoms with Gasteiger partial charge in [0.15, 0.2) is 17.5 Å². The third kappa shape index (κ3) is 4.41. The van der Waals surface area contributed by atoms with Crippen molar-refractivity contribution in [2.24, 2.45) is 0 Å². The molecule has 3 aromatic rings. The highest BCUT2D eigenvalue weighted by atomic mass is 19.2. The number of fused-ring (bicyclic) bond motifs is 1. The van der Waals surface area contributed by atoms with Crippen LogP contribution in [0, 0.1) is 17.5 Å². The number of benzene rings is 1.